The summed E-state index contributed by atoms with van der Waals surface area (Å²) in [5, 5.41) is 6.72. The van der Waals surface area contributed by atoms with Gasteiger partial charge in [0.1, 0.15) is 6.04 Å². The lowest BCUT2D eigenvalue weighted by atomic mass is 9.99. The number of methoxy groups -OCH3 is 2. The molecule has 0 fully saturated rings. The molecule has 1 aromatic carbocycles. The van der Waals surface area contributed by atoms with Crippen LogP contribution in [0.5, 0.6) is 5.75 Å². The highest BCUT2D eigenvalue weighted by molar-refractivity contribution is 5.92. The fourth-order valence-electron chi connectivity index (χ4n) is 2.57. The molecule has 1 N–H and O–H groups in total. The van der Waals surface area contributed by atoms with E-state index in [9.17, 15) is 14.4 Å². The van der Waals surface area contributed by atoms with Crippen LogP contribution in [-0.2, 0) is 19.1 Å². The minimum atomic E-state index is -0.817. The Hall–Kier alpha value is -3.36. The molecule has 0 aliphatic rings. The number of aromatic nitrogens is 2. The summed E-state index contributed by atoms with van der Waals surface area (Å²) in [6, 6.07) is 8.34. The molecule has 0 unspecified atom stereocenters. The summed E-state index contributed by atoms with van der Waals surface area (Å²) in [5.41, 5.74) is 0.674. The second kappa shape index (κ2) is 10.3. The highest BCUT2D eigenvalue weighted by Gasteiger charge is 2.27. The Labute approximate surface area is 168 Å². The molecule has 0 spiro atoms. The molecule has 156 valence electrons. The van der Waals surface area contributed by atoms with Gasteiger partial charge in [-0.3, -0.25) is 4.79 Å². The van der Waals surface area contributed by atoms with Crippen LogP contribution in [0.3, 0.4) is 0 Å². The molecule has 2 rings (SSSR count). The van der Waals surface area contributed by atoms with Crippen LogP contribution in [0.4, 0.5) is 0 Å². The van der Waals surface area contributed by atoms with E-state index in [0.29, 0.717) is 6.42 Å². The molecule has 0 saturated carbocycles. The molecule has 29 heavy (non-hydrogen) atoms. The molecule has 1 aromatic heterocycles. The summed E-state index contributed by atoms with van der Waals surface area (Å²) in [5.74, 6) is -1.90. The Morgan fingerprint density at radius 3 is 2.45 bits per heavy atom. The van der Waals surface area contributed by atoms with E-state index < -0.39 is 30.5 Å². The van der Waals surface area contributed by atoms with Gasteiger partial charge < -0.3 is 19.5 Å². The Morgan fingerprint density at radius 2 is 1.86 bits per heavy atom. The third-order valence-corrected chi connectivity index (χ3v) is 4.43. The summed E-state index contributed by atoms with van der Waals surface area (Å²) in [6.45, 7) is 3.14. The number of nitrogens with zero attached hydrogens (tertiary/aromatic N) is 2. The smallest absolute Gasteiger partial charge is 0.363 e. The van der Waals surface area contributed by atoms with Crippen molar-refractivity contribution in [2.75, 3.05) is 20.8 Å². The van der Waals surface area contributed by atoms with Crippen molar-refractivity contribution >= 4 is 17.8 Å². The predicted octanol–water partition coefficient (Wildman–Crippen LogP) is 1.74. The quantitative estimate of drug-likeness (QED) is 0.635. The predicted molar refractivity (Wildman–Crippen MR) is 104 cm³/mol. The first kappa shape index (κ1) is 21.9. The van der Waals surface area contributed by atoms with Gasteiger partial charge in [-0.2, -0.15) is 5.10 Å². The zero-order valence-corrected chi connectivity index (χ0v) is 16.9. The van der Waals surface area contributed by atoms with Crippen molar-refractivity contribution in [2.24, 2.45) is 5.92 Å². The Bertz CT molecular complexity index is 849. The van der Waals surface area contributed by atoms with Crippen LogP contribution >= 0.6 is 0 Å². The van der Waals surface area contributed by atoms with E-state index in [1.165, 1.54) is 18.9 Å². The van der Waals surface area contributed by atoms with Crippen molar-refractivity contribution in [1.82, 2.24) is 15.1 Å². The number of nitrogens with one attached hydrogen (secondary N) is 1. The van der Waals surface area contributed by atoms with Crippen molar-refractivity contribution in [3.05, 3.63) is 42.2 Å². The number of hydrogen-bond acceptors (Lipinski definition) is 7. The maximum atomic E-state index is 12.4. The third kappa shape index (κ3) is 5.56. The minimum absolute atomic E-state index is 0.0596. The van der Waals surface area contributed by atoms with Gasteiger partial charge in [0.15, 0.2) is 12.4 Å². The van der Waals surface area contributed by atoms with Crippen LogP contribution in [0.2, 0.25) is 0 Å². The van der Waals surface area contributed by atoms with Gasteiger partial charge in [0.25, 0.3) is 5.91 Å². The molecular weight excluding hydrogens is 378 g/mol. The number of esters is 2. The number of ether oxygens (including phenoxy) is 3. The first-order valence-electron chi connectivity index (χ1n) is 9.14. The number of amides is 1. The number of para-hydroxylation sites is 1. The summed E-state index contributed by atoms with van der Waals surface area (Å²) >= 11 is 0. The molecule has 0 saturated heterocycles. The molecule has 2 atom stereocenters. The Kier molecular flexibility index (Phi) is 7.76. The van der Waals surface area contributed by atoms with Crippen LogP contribution in [0.25, 0.3) is 5.69 Å². The number of benzene rings is 1. The fourth-order valence-corrected chi connectivity index (χ4v) is 2.57. The highest BCUT2D eigenvalue weighted by Crippen LogP contribution is 2.20. The monoisotopic (exact) mass is 403 g/mol. The summed E-state index contributed by atoms with van der Waals surface area (Å²) in [4.78, 5) is 36.4. The standard InChI is InChI=1S/C20H25N3O6/c1-5-13(2)17(19(25)28-4)21-16(24)12-29-20(26)18-15(27-3)11-23(22-18)14-9-7-6-8-10-14/h6-11,13,17H,5,12H2,1-4H3,(H,21,24)/t13-,17+/m1/s1. The summed E-state index contributed by atoms with van der Waals surface area (Å²) < 4.78 is 16.4. The summed E-state index contributed by atoms with van der Waals surface area (Å²) in [7, 11) is 2.65. The largest absolute Gasteiger partial charge is 0.493 e. The third-order valence-electron chi connectivity index (χ3n) is 4.43. The van der Waals surface area contributed by atoms with Crippen molar-refractivity contribution < 1.29 is 28.6 Å². The van der Waals surface area contributed by atoms with Crippen LogP contribution in [0, 0.1) is 5.92 Å². The maximum Gasteiger partial charge on any atom is 0.363 e. The number of carbonyl (C=O) groups excluding carboxylic acids is 3. The molecule has 2 aromatic rings. The molecule has 0 bridgehead atoms. The van der Waals surface area contributed by atoms with E-state index in [-0.39, 0.29) is 17.4 Å². The Balaban J connectivity index is 2.04. The zero-order chi connectivity index (χ0) is 21.4. The molecular formula is C20H25N3O6. The lowest BCUT2D eigenvalue weighted by Crippen LogP contribution is -2.47. The number of rotatable bonds is 9. The zero-order valence-electron chi connectivity index (χ0n) is 16.9. The maximum absolute atomic E-state index is 12.4. The van der Waals surface area contributed by atoms with Crippen LogP contribution in [-0.4, -0.2) is 54.5 Å². The van der Waals surface area contributed by atoms with Gasteiger partial charge in [-0.05, 0) is 18.1 Å². The average molecular weight is 403 g/mol. The second-order valence-electron chi connectivity index (χ2n) is 6.36. The molecule has 9 heteroatoms. The lowest BCUT2D eigenvalue weighted by Gasteiger charge is -2.21. The topological polar surface area (TPSA) is 109 Å². The molecule has 9 nitrogen and oxygen atoms in total. The van der Waals surface area contributed by atoms with Crippen molar-refractivity contribution in [2.45, 2.75) is 26.3 Å². The van der Waals surface area contributed by atoms with E-state index in [1.807, 2.05) is 44.2 Å². The lowest BCUT2D eigenvalue weighted by molar-refractivity contribution is -0.147. The molecule has 1 amide bonds. The molecule has 1 heterocycles. The molecule has 0 radical (unpaired) electrons. The van der Waals surface area contributed by atoms with Crippen molar-refractivity contribution in [1.29, 1.82) is 0 Å². The normalized spacial score (nSPS) is 12.6. The number of hydrogen-bond donors (Lipinski definition) is 1. The molecule has 0 aliphatic carbocycles. The second-order valence-corrected chi connectivity index (χ2v) is 6.36. The van der Waals surface area contributed by atoms with Crippen LogP contribution in [0.15, 0.2) is 36.5 Å². The van der Waals surface area contributed by atoms with Gasteiger partial charge in [0.2, 0.25) is 5.69 Å². The van der Waals surface area contributed by atoms with Crippen molar-refractivity contribution in [3.63, 3.8) is 0 Å². The number of carbonyl (C=O) groups is 3. The average Bonchev–Trinajstić information content (AvgIpc) is 3.20. The minimum Gasteiger partial charge on any atom is -0.493 e. The van der Waals surface area contributed by atoms with E-state index in [1.54, 1.807) is 6.20 Å². The van der Waals surface area contributed by atoms with Gasteiger partial charge >= 0.3 is 11.9 Å². The summed E-state index contributed by atoms with van der Waals surface area (Å²) in [6.07, 6.45) is 2.20. The highest BCUT2D eigenvalue weighted by atomic mass is 16.5. The van der Waals surface area contributed by atoms with Gasteiger partial charge in [-0.1, -0.05) is 38.5 Å². The van der Waals surface area contributed by atoms with E-state index in [0.717, 1.165) is 5.69 Å². The first-order valence-corrected chi connectivity index (χ1v) is 9.14. The first-order chi connectivity index (χ1) is 13.9. The SMILES string of the molecule is CC[C@@H](C)[C@H](NC(=O)COC(=O)c1nn(-c2ccccc2)cc1OC)C(=O)OC. The molecule has 0 aliphatic heterocycles. The van der Waals surface area contributed by atoms with Crippen molar-refractivity contribution in [3.8, 4) is 11.4 Å². The van der Waals surface area contributed by atoms with Crippen LogP contribution < -0.4 is 10.1 Å². The fraction of sp³-hybridized carbons (Fsp3) is 0.400. The van der Waals surface area contributed by atoms with Gasteiger partial charge in [0.05, 0.1) is 26.1 Å². The van der Waals surface area contributed by atoms with Gasteiger partial charge in [-0.15, -0.1) is 0 Å². The van der Waals surface area contributed by atoms with Gasteiger partial charge in [-0.25, -0.2) is 14.3 Å². The van der Waals surface area contributed by atoms with E-state index >= 15 is 0 Å². The Morgan fingerprint density at radius 1 is 1.17 bits per heavy atom. The van der Waals surface area contributed by atoms with Gasteiger partial charge in [0, 0.05) is 0 Å². The van der Waals surface area contributed by atoms with E-state index in [2.05, 4.69) is 10.4 Å². The van der Waals surface area contributed by atoms with E-state index in [4.69, 9.17) is 14.2 Å². The van der Waals surface area contributed by atoms with Crippen LogP contribution in [0.1, 0.15) is 30.8 Å².